The zero-order valence-electron chi connectivity index (χ0n) is 23.9. The number of hydrogen-bond donors (Lipinski definition) is 1. The lowest BCUT2D eigenvalue weighted by Gasteiger charge is -2.37. The predicted octanol–water partition coefficient (Wildman–Crippen LogP) is 5.16. The van der Waals surface area contributed by atoms with Crippen molar-refractivity contribution in [3.05, 3.63) is 70.3 Å². The lowest BCUT2D eigenvalue weighted by molar-refractivity contribution is -0.121. The van der Waals surface area contributed by atoms with Crippen molar-refractivity contribution in [3.8, 4) is 10.4 Å². The first-order valence-electron chi connectivity index (χ1n) is 13.4. The van der Waals surface area contributed by atoms with Crippen LogP contribution in [0.2, 0.25) is 0 Å². The van der Waals surface area contributed by atoms with Crippen LogP contribution in [-0.4, -0.2) is 68.3 Å². The highest BCUT2D eigenvalue weighted by molar-refractivity contribution is 7.89. The van der Waals surface area contributed by atoms with E-state index >= 15 is 0 Å². The molecule has 1 N–H and O–H groups in total. The van der Waals surface area contributed by atoms with Gasteiger partial charge in [-0.2, -0.15) is 4.31 Å². The van der Waals surface area contributed by atoms with E-state index in [2.05, 4.69) is 5.32 Å². The van der Waals surface area contributed by atoms with Crippen molar-refractivity contribution in [2.24, 2.45) is 0 Å². The van der Waals surface area contributed by atoms with Gasteiger partial charge in [-0.25, -0.2) is 13.2 Å². The highest BCUT2D eigenvalue weighted by Gasteiger charge is 2.34. The number of thiophene rings is 1. The standard InChI is InChI=1S/C30H37N3O5S2/c1-7-38-30(35)25-18-26(24-11-9-8-10-12-24)39-29(25)31-28(34)23(6)32-13-15-33(16-14-32)40(36,37)27-21(4)19(2)17-20(3)22(27)5/h8-12,17-18,23H,7,13-16H2,1-6H3,(H,31,34). The van der Waals surface area contributed by atoms with Gasteiger partial charge in [0.05, 0.1) is 23.1 Å². The number of carbonyl (C=O) groups excluding carboxylic acids is 2. The lowest BCUT2D eigenvalue weighted by Crippen LogP contribution is -2.54. The van der Waals surface area contributed by atoms with E-state index in [0.717, 1.165) is 32.7 Å². The number of esters is 1. The van der Waals surface area contributed by atoms with E-state index in [-0.39, 0.29) is 25.6 Å². The van der Waals surface area contributed by atoms with Crippen LogP contribution in [0.5, 0.6) is 0 Å². The molecule has 0 aliphatic carbocycles. The maximum atomic E-state index is 13.6. The molecule has 1 fully saturated rings. The molecular weight excluding hydrogens is 546 g/mol. The summed E-state index contributed by atoms with van der Waals surface area (Å²) in [5.41, 5.74) is 4.73. The SMILES string of the molecule is CCOC(=O)c1cc(-c2ccccc2)sc1NC(=O)C(C)N1CCN(S(=O)(=O)c2c(C)c(C)cc(C)c2C)CC1. The monoisotopic (exact) mass is 583 g/mol. The number of nitrogens with zero attached hydrogens (tertiary/aromatic N) is 2. The molecule has 0 bridgehead atoms. The van der Waals surface area contributed by atoms with Gasteiger partial charge >= 0.3 is 5.97 Å². The number of aryl methyl sites for hydroxylation is 2. The molecule has 1 saturated heterocycles. The quantitative estimate of drug-likeness (QED) is 0.368. The first-order chi connectivity index (χ1) is 18.9. The van der Waals surface area contributed by atoms with Crippen molar-refractivity contribution >= 4 is 38.2 Å². The molecule has 1 atom stereocenters. The molecule has 10 heteroatoms. The van der Waals surface area contributed by atoms with Gasteiger partial charge in [0.15, 0.2) is 0 Å². The Morgan fingerprint density at radius 2 is 1.57 bits per heavy atom. The summed E-state index contributed by atoms with van der Waals surface area (Å²) in [7, 11) is -3.67. The van der Waals surface area contributed by atoms with Gasteiger partial charge in [0.1, 0.15) is 5.00 Å². The predicted molar refractivity (Wildman–Crippen MR) is 160 cm³/mol. The Labute approximate surface area is 241 Å². The Kier molecular flexibility index (Phi) is 9.14. The summed E-state index contributed by atoms with van der Waals surface area (Å²) in [4.78, 5) is 29.2. The number of ether oxygens (including phenoxy) is 1. The molecule has 2 heterocycles. The van der Waals surface area contributed by atoms with Gasteiger partial charge in [0.25, 0.3) is 0 Å². The fraction of sp³-hybridized carbons (Fsp3) is 0.400. The third-order valence-electron chi connectivity index (χ3n) is 7.62. The second-order valence-corrected chi connectivity index (χ2v) is 13.1. The van der Waals surface area contributed by atoms with Crippen LogP contribution in [0.4, 0.5) is 5.00 Å². The summed E-state index contributed by atoms with van der Waals surface area (Å²) in [6.45, 7) is 12.8. The summed E-state index contributed by atoms with van der Waals surface area (Å²) in [5.74, 6) is -0.746. The Bertz CT molecular complexity index is 1480. The van der Waals surface area contributed by atoms with Crippen LogP contribution in [0.1, 0.15) is 46.5 Å². The van der Waals surface area contributed by atoms with Crippen molar-refractivity contribution in [3.63, 3.8) is 0 Å². The largest absolute Gasteiger partial charge is 0.462 e. The molecule has 3 aromatic rings. The van der Waals surface area contributed by atoms with Crippen molar-refractivity contribution in [2.75, 3.05) is 38.1 Å². The molecule has 2 aromatic carbocycles. The molecule has 214 valence electrons. The minimum absolute atomic E-state index is 0.230. The van der Waals surface area contributed by atoms with Gasteiger partial charge in [0.2, 0.25) is 15.9 Å². The summed E-state index contributed by atoms with van der Waals surface area (Å²) in [6, 6.07) is 12.9. The van der Waals surface area contributed by atoms with Gasteiger partial charge in [-0.15, -0.1) is 11.3 Å². The van der Waals surface area contributed by atoms with Gasteiger partial charge in [0, 0.05) is 31.1 Å². The minimum Gasteiger partial charge on any atom is -0.462 e. The van der Waals surface area contributed by atoms with Crippen LogP contribution in [0.15, 0.2) is 47.4 Å². The smallest absolute Gasteiger partial charge is 0.341 e. The number of anilines is 1. The van der Waals surface area contributed by atoms with E-state index in [1.165, 1.54) is 15.6 Å². The number of benzene rings is 2. The topological polar surface area (TPSA) is 96.0 Å². The molecule has 40 heavy (non-hydrogen) atoms. The van der Waals surface area contributed by atoms with Gasteiger partial charge in [-0.05, 0) is 75.4 Å². The van der Waals surface area contributed by atoms with Crippen molar-refractivity contribution in [1.29, 1.82) is 0 Å². The molecule has 0 radical (unpaired) electrons. The molecule has 1 aliphatic rings. The first kappa shape index (κ1) is 29.9. The first-order valence-corrected chi connectivity index (χ1v) is 15.7. The lowest BCUT2D eigenvalue weighted by atomic mass is 10.0. The average molecular weight is 584 g/mol. The molecule has 0 saturated carbocycles. The normalized spacial score (nSPS) is 15.6. The van der Waals surface area contributed by atoms with E-state index in [9.17, 15) is 18.0 Å². The molecule has 1 unspecified atom stereocenters. The Morgan fingerprint density at radius 3 is 2.15 bits per heavy atom. The molecule has 4 rings (SSSR count). The molecule has 1 amide bonds. The van der Waals surface area contributed by atoms with Crippen LogP contribution in [0.25, 0.3) is 10.4 Å². The molecule has 1 aromatic heterocycles. The van der Waals surface area contributed by atoms with Gasteiger partial charge in [-0.3, -0.25) is 9.69 Å². The molecule has 0 spiro atoms. The van der Waals surface area contributed by atoms with Crippen molar-refractivity contribution in [2.45, 2.75) is 52.5 Å². The number of carbonyl (C=O) groups is 2. The van der Waals surface area contributed by atoms with E-state index in [4.69, 9.17) is 4.74 Å². The zero-order chi connectivity index (χ0) is 29.2. The summed E-state index contributed by atoms with van der Waals surface area (Å²) < 4.78 is 34.0. The summed E-state index contributed by atoms with van der Waals surface area (Å²) in [6.07, 6.45) is 0. The van der Waals surface area contributed by atoms with E-state index in [1.807, 2.05) is 69.0 Å². The van der Waals surface area contributed by atoms with Crippen molar-refractivity contribution < 1.29 is 22.7 Å². The second kappa shape index (κ2) is 12.2. The number of rotatable bonds is 8. The number of nitrogens with one attached hydrogen (secondary N) is 1. The number of hydrogen-bond acceptors (Lipinski definition) is 7. The minimum atomic E-state index is -3.67. The van der Waals surface area contributed by atoms with Crippen LogP contribution >= 0.6 is 11.3 Å². The highest BCUT2D eigenvalue weighted by Crippen LogP contribution is 2.36. The van der Waals surface area contributed by atoms with Gasteiger partial charge < -0.3 is 10.1 Å². The average Bonchev–Trinajstić information content (AvgIpc) is 3.36. The Hall–Kier alpha value is -3.05. The maximum Gasteiger partial charge on any atom is 0.341 e. The van der Waals surface area contributed by atoms with Crippen molar-refractivity contribution in [1.82, 2.24) is 9.21 Å². The molecular formula is C30H37N3O5S2. The van der Waals surface area contributed by atoms with E-state index < -0.39 is 22.0 Å². The van der Waals surface area contributed by atoms with Crippen LogP contribution in [0.3, 0.4) is 0 Å². The Morgan fingerprint density at radius 1 is 0.975 bits per heavy atom. The second-order valence-electron chi connectivity index (χ2n) is 10.1. The summed E-state index contributed by atoms with van der Waals surface area (Å²) >= 11 is 1.33. The van der Waals surface area contributed by atoms with Gasteiger partial charge in [-0.1, -0.05) is 36.4 Å². The van der Waals surface area contributed by atoms with Crippen LogP contribution < -0.4 is 5.32 Å². The number of piperazine rings is 1. The summed E-state index contributed by atoms with van der Waals surface area (Å²) in [5, 5.41) is 3.38. The third-order valence-corrected chi connectivity index (χ3v) is 10.9. The van der Waals surface area contributed by atoms with Crippen LogP contribution in [-0.2, 0) is 19.6 Å². The maximum absolute atomic E-state index is 13.6. The highest BCUT2D eigenvalue weighted by atomic mass is 32.2. The zero-order valence-corrected chi connectivity index (χ0v) is 25.5. The van der Waals surface area contributed by atoms with Crippen LogP contribution in [0, 0.1) is 27.7 Å². The molecule has 8 nitrogen and oxygen atoms in total. The Balaban J connectivity index is 1.48. The molecule has 1 aliphatic heterocycles. The third kappa shape index (κ3) is 6.00. The number of amides is 1. The fourth-order valence-electron chi connectivity index (χ4n) is 5.00. The fourth-order valence-corrected chi connectivity index (χ4v) is 8.05. The van der Waals surface area contributed by atoms with E-state index in [0.29, 0.717) is 28.5 Å². The number of sulfonamides is 1. The van der Waals surface area contributed by atoms with E-state index in [1.54, 1.807) is 19.9 Å².